The molecular weight excluding hydrogens is 286 g/mol. The molecule has 1 fully saturated rings. The van der Waals surface area contributed by atoms with Gasteiger partial charge >= 0.3 is 12.0 Å². The van der Waals surface area contributed by atoms with Crippen LogP contribution in [0.5, 0.6) is 0 Å². The Balaban J connectivity index is 2.44. The summed E-state index contributed by atoms with van der Waals surface area (Å²) in [6, 6.07) is 0.513. The molecule has 6 nitrogen and oxygen atoms in total. The Hall–Kier alpha value is -2.51. The van der Waals surface area contributed by atoms with Gasteiger partial charge in [0.05, 0.1) is 0 Å². The highest BCUT2D eigenvalue weighted by molar-refractivity contribution is 6.09. The number of carbonyl (C=O) groups is 3. The van der Waals surface area contributed by atoms with Crippen LogP contribution in [0.2, 0.25) is 0 Å². The fraction of sp³-hybridized carbons (Fsp3) is 0.308. The molecule has 0 aliphatic carbocycles. The molecule has 1 saturated heterocycles. The lowest BCUT2D eigenvalue weighted by Gasteiger charge is -2.23. The second-order valence-corrected chi connectivity index (χ2v) is 4.87. The Morgan fingerprint density at radius 1 is 1.33 bits per heavy atom. The van der Waals surface area contributed by atoms with E-state index in [1.54, 1.807) is 0 Å². The SMILES string of the molecule is CC(C(=O)O)N1C(=O)NC(C)(c2ccc(F)c(F)c2)C1=O. The van der Waals surface area contributed by atoms with Gasteiger partial charge in [-0.3, -0.25) is 4.79 Å². The number of aliphatic carboxylic acids is 1. The molecule has 2 atom stereocenters. The largest absolute Gasteiger partial charge is 0.480 e. The second kappa shape index (κ2) is 4.80. The number of rotatable bonds is 3. The van der Waals surface area contributed by atoms with Crippen LogP contribution in [-0.4, -0.2) is 34.0 Å². The van der Waals surface area contributed by atoms with Crippen LogP contribution in [0, 0.1) is 11.6 Å². The Bertz CT molecular complexity index is 649. The van der Waals surface area contributed by atoms with E-state index in [4.69, 9.17) is 5.11 Å². The molecule has 1 aromatic carbocycles. The zero-order valence-corrected chi connectivity index (χ0v) is 11.2. The van der Waals surface area contributed by atoms with Crippen molar-refractivity contribution < 1.29 is 28.3 Å². The van der Waals surface area contributed by atoms with E-state index in [1.807, 2.05) is 0 Å². The van der Waals surface area contributed by atoms with E-state index >= 15 is 0 Å². The molecule has 112 valence electrons. The molecule has 1 aliphatic rings. The number of carboxylic acid groups (broad SMARTS) is 1. The van der Waals surface area contributed by atoms with Crippen LogP contribution >= 0.6 is 0 Å². The highest BCUT2D eigenvalue weighted by Gasteiger charge is 2.52. The number of nitrogens with one attached hydrogen (secondary N) is 1. The van der Waals surface area contributed by atoms with Crippen LogP contribution in [0.15, 0.2) is 18.2 Å². The van der Waals surface area contributed by atoms with E-state index in [-0.39, 0.29) is 5.56 Å². The highest BCUT2D eigenvalue weighted by atomic mass is 19.2. The third-order valence-electron chi connectivity index (χ3n) is 3.46. The number of halogens is 2. The molecule has 0 aromatic heterocycles. The van der Waals surface area contributed by atoms with Gasteiger partial charge in [0.25, 0.3) is 5.91 Å². The monoisotopic (exact) mass is 298 g/mol. The summed E-state index contributed by atoms with van der Waals surface area (Å²) in [7, 11) is 0. The number of urea groups is 1. The quantitative estimate of drug-likeness (QED) is 0.821. The van der Waals surface area contributed by atoms with E-state index < -0.39 is 41.1 Å². The minimum atomic E-state index is -1.64. The van der Waals surface area contributed by atoms with Crippen molar-refractivity contribution in [3.8, 4) is 0 Å². The number of hydrogen-bond donors (Lipinski definition) is 2. The average Bonchev–Trinajstić information content (AvgIpc) is 2.63. The topological polar surface area (TPSA) is 86.7 Å². The van der Waals surface area contributed by atoms with Crippen molar-refractivity contribution in [3.05, 3.63) is 35.4 Å². The zero-order chi connectivity index (χ0) is 15.9. The van der Waals surface area contributed by atoms with Crippen LogP contribution in [0.1, 0.15) is 19.4 Å². The lowest BCUT2D eigenvalue weighted by Crippen LogP contribution is -2.45. The summed E-state index contributed by atoms with van der Waals surface area (Å²) in [6.07, 6.45) is 0. The van der Waals surface area contributed by atoms with E-state index in [2.05, 4.69) is 5.32 Å². The predicted octanol–water partition coefficient (Wildman–Crippen LogP) is 1.20. The molecule has 0 radical (unpaired) electrons. The van der Waals surface area contributed by atoms with Crippen LogP contribution < -0.4 is 5.32 Å². The molecule has 2 unspecified atom stereocenters. The van der Waals surface area contributed by atoms with Crippen molar-refractivity contribution in [2.75, 3.05) is 0 Å². The summed E-state index contributed by atoms with van der Waals surface area (Å²) in [6.45, 7) is 2.48. The highest BCUT2D eigenvalue weighted by Crippen LogP contribution is 2.30. The van der Waals surface area contributed by atoms with Crippen LogP contribution in [0.3, 0.4) is 0 Å². The van der Waals surface area contributed by atoms with Crippen LogP contribution in [0.4, 0.5) is 13.6 Å². The molecule has 1 heterocycles. The number of hydrogen-bond acceptors (Lipinski definition) is 3. The minimum Gasteiger partial charge on any atom is -0.480 e. The van der Waals surface area contributed by atoms with E-state index in [9.17, 15) is 23.2 Å². The first-order valence-corrected chi connectivity index (χ1v) is 6.02. The lowest BCUT2D eigenvalue weighted by molar-refractivity contribution is -0.147. The summed E-state index contributed by atoms with van der Waals surface area (Å²) < 4.78 is 26.3. The van der Waals surface area contributed by atoms with E-state index in [0.29, 0.717) is 4.90 Å². The summed E-state index contributed by atoms with van der Waals surface area (Å²) in [4.78, 5) is 35.7. The van der Waals surface area contributed by atoms with Crippen molar-refractivity contribution in [2.24, 2.45) is 0 Å². The number of imide groups is 1. The van der Waals surface area contributed by atoms with Crippen LogP contribution in [0.25, 0.3) is 0 Å². The summed E-state index contributed by atoms with van der Waals surface area (Å²) in [5.74, 6) is -4.45. The number of carboxylic acids is 1. The first kappa shape index (κ1) is 14.9. The molecule has 1 aromatic rings. The van der Waals surface area contributed by atoms with Gasteiger partial charge in [-0.25, -0.2) is 23.3 Å². The molecule has 21 heavy (non-hydrogen) atoms. The summed E-state index contributed by atoms with van der Waals surface area (Å²) >= 11 is 0. The lowest BCUT2D eigenvalue weighted by atomic mass is 9.91. The van der Waals surface area contributed by atoms with Crippen LogP contribution in [-0.2, 0) is 15.1 Å². The Labute approximate surface area is 118 Å². The Morgan fingerprint density at radius 3 is 2.48 bits per heavy atom. The normalized spacial score (nSPS) is 23.1. The summed E-state index contributed by atoms with van der Waals surface area (Å²) in [5, 5.41) is 11.2. The molecule has 0 spiro atoms. The predicted molar refractivity (Wildman–Crippen MR) is 66.2 cm³/mol. The maximum atomic E-state index is 13.3. The third-order valence-corrected chi connectivity index (χ3v) is 3.46. The van der Waals surface area contributed by atoms with E-state index in [1.165, 1.54) is 13.8 Å². The van der Waals surface area contributed by atoms with Gasteiger partial charge in [0.15, 0.2) is 11.6 Å². The number of amides is 3. The second-order valence-electron chi connectivity index (χ2n) is 4.87. The van der Waals surface area contributed by atoms with E-state index in [0.717, 1.165) is 18.2 Å². The standard InChI is InChI=1S/C13H12F2N2O4/c1-6(10(18)19)17-11(20)13(2,16-12(17)21)7-3-4-8(14)9(15)5-7/h3-6H,1-2H3,(H,16,21)(H,18,19). The first-order chi connectivity index (χ1) is 9.68. The zero-order valence-electron chi connectivity index (χ0n) is 11.2. The smallest absolute Gasteiger partial charge is 0.326 e. The molecular formula is C13H12F2N2O4. The van der Waals surface area contributed by atoms with Gasteiger partial charge in [-0.15, -0.1) is 0 Å². The van der Waals surface area contributed by atoms with Gasteiger partial charge in [-0.05, 0) is 31.5 Å². The Kier molecular flexibility index (Phi) is 3.40. The maximum Gasteiger partial charge on any atom is 0.326 e. The average molecular weight is 298 g/mol. The molecule has 0 saturated carbocycles. The van der Waals surface area contributed by atoms with Gasteiger partial charge in [-0.2, -0.15) is 0 Å². The van der Waals surface area contributed by atoms with Crippen molar-refractivity contribution in [3.63, 3.8) is 0 Å². The van der Waals surface area contributed by atoms with Gasteiger partial charge in [-0.1, -0.05) is 6.07 Å². The third kappa shape index (κ3) is 2.22. The van der Waals surface area contributed by atoms with Crippen molar-refractivity contribution in [1.82, 2.24) is 10.2 Å². The molecule has 2 rings (SSSR count). The van der Waals surface area contributed by atoms with Crippen molar-refractivity contribution in [2.45, 2.75) is 25.4 Å². The first-order valence-electron chi connectivity index (χ1n) is 6.02. The number of nitrogens with zero attached hydrogens (tertiary/aromatic N) is 1. The van der Waals surface area contributed by atoms with Gasteiger partial charge in [0, 0.05) is 0 Å². The molecule has 3 amide bonds. The fourth-order valence-corrected chi connectivity index (χ4v) is 2.13. The molecule has 1 aliphatic heterocycles. The number of benzene rings is 1. The maximum absolute atomic E-state index is 13.3. The Morgan fingerprint density at radius 2 is 1.95 bits per heavy atom. The molecule has 8 heteroatoms. The summed E-state index contributed by atoms with van der Waals surface area (Å²) in [5.41, 5.74) is -1.62. The molecule has 0 bridgehead atoms. The molecule has 2 N–H and O–H groups in total. The minimum absolute atomic E-state index is 0.0276. The van der Waals surface area contributed by atoms with Crippen molar-refractivity contribution >= 4 is 17.9 Å². The van der Waals surface area contributed by atoms with Gasteiger partial charge in [0.2, 0.25) is 0 Å². The number of carbonyl (C=O) groups excluding carboxylic acids is 2. The van der Waals surface area contributed by atoms with Gasteiger partial charge < -0.3 is 10.4 Å². The van der Waals surface area contributed by atoms with Gasteiger partial charge in [0.1, 0.15) is 11.6 Å². The van der Waals surface area contributed by atoms with Crippen molar-refractivity contribution in [1.29, 1.82) is 0 Å². The fourth-order valence-electron chi connectivity index (χ4n) is 2.13.